The minimum atomic E-state index is -0.893. The van der Waals surface area contributed by atoms with Crippen LogP contribution in [0.2, 0.25) is 0 Å². The van der Waals surface area contributed by atoms with E-state index in [9.17, 15) is 4.79 Å². The van der Waals surface area contributed by atoms with Crippen molar-refractivity contribution in [2.45, 2.75) is 6.54 Å². The third-order valence-corrected chi connectivity index (χ3v) is 2.90. The molecule has 3 nitrogen and oxygen atoms in total. The van der Waals surface area contributed by atoms with E-state index in [0.29, 0.717) is 5.56 Å². The maximum absolute atomic E-state index is 10.8. The van der Waals surface area contributed by atoms with Gasteiger partial charge in [-0.1, -0.05) is 25.3 Å². The molecule has 0 bridgehead atoms. The molecule has 0 amide bonds. The van der Waals surface area contributed by atoms with Gasteiger partial charge in [0.15, 0.2) is 0 Å². The van der Waals surface area contributed by atoms with Crippen LogP contribution in [0.3, 0.4) is 0 Å². The molecule has 0 radical (unpaired) electrons. The summed E-state index contributed by atoms with van der Waals surface area (Å²) in [7, 11) is 2.13. The lowest BCUT2D eigenvalue weighted by molar-refractivity contribution is -0.911. The number of nitrogens with zero attached hydrogens (tertiary/aromatic N) is 1. The molecule has 0 saturated heterocycles. The van der Waals surface area contributed by atoms with E-state index in [0.717, 1.165) is 29.7 Å². The molecule has 0 aliphatic carbocycles. The van der Waals surface area contributed by atoms with Gasteiger partial charge in [0.2, 0.25) is 0 Å². The molecule has 0 aliphatic rings. The quantitative estimate of drug-likeness (QED) is 0.593. The summed E-state index contributed by atoms with van der Waals surface area (Å²) in [5, 5.41) is 8.85. The van der Waals surface area contributed by atoms with Crippen LogP contribution in [0, 0.1) is 0 Å². The van der Waals surface area contributed by atoms with Crippen LogP contribution in [-0.2, 0) is 6.54 Å². The topological polar surface area (TPSA) is 37.3 Å². The largest absolute Gasteiger partial charge is 0.478 e. The Hall–Kier alpha value is -1.87. The summed E-state index contributed by atoms with van der Waals surface area (Å²) in [6.07, 6.45) is 3.80. The molecule has 1 aromatic rings. The van der Waals surface area contributed by atoms with Crippen molar-refractivity contribution in [1.82, 2.24) is 0 Å². The second kappa shape index (κ2) is 6.17. The molecule has 1 N–H and O–H groups in total. The molecular weight excluding hydrogens is 226 g/mol. The van der Waals surface area contributed by atoms with E-state index in [2.05, 4.69) is 20.2 Å². The molecule has 0 atom stereocenters. The fourth-order valence-electron chi connectivity index (χ4n) is 2.02. The van der Waals surface area contributed by atoms with Crippen molar-refractivity contribution >= 4 is 5.97 Å². The van der Waals surface area contributed by atoms with E-state index in [1.165, 1.54) is 0 Å². The average Bonchev–Trinajstić information content (AvgIpc) is 2.30. The highest BCUT2D eigenvalue weighted by Crippen LogP contribution is 2.13. The van der Waals surface area contributed by atoms with E-state index in [1.807, 2.05) is 24.3 Å². The molecule has 0 aliphatic heterocycles. The fourth-order valence-corrected chi connectivity index (χ4v) is 2.02. The lowest BCUT2D eigenvalue weighted by Gasteiger charge is -2.32. The highest BCUT2D eigenvalue weighted by molar-refractivity contribution is 5.87. The number of hydrogen-bond donors (Lipinski definition) is 1. The first-order valence-corrected chi connectivity index (χ1v) is 5.88. The van der Waals surface area contributed by atoms with Crippen LogP contribution < -0.4 is 0 Å². The Labute approximate surface area is 108 Å². The maximum atomic E-state index is 10.8. The van der Waals surface area contributed by atoms with E-state index in [1.54, 1.807) is 12.1 Å². The minimum Gasteiger partial charge on any atom is -0.478 e. The normalized spacial score (nSPS) is 10.9. The summed E-state index contributed by atoms with van der Waals surface area (Å²) in [5.74, 6) is -0.893. The summed E-state index contributed by atoms with van der Waals surface area (Å²) < 4.78 is 0.791. The summed E-state index contributed by atoms with van der Waals surface area (Å²) in [5.41, 5.74) is 1.44. The SMILES string of the molecule is C=CC[N+](C)(CC=C)Cc1ccc(C(=O)O)cc1. The Bertz CT molecular complexity index is 424. The molecule has 0 heterocycles. The van der Waals surface area contributed by atoms with Crippen LogP contribution in [0.4, 0.5) is 0 Å². The molecule has 0 spiro atoms. The third-order valence-electron chi connectivity index (χ3n) is 2.90. The van der Waals surface area contributed by atoms with Gasteiger partial charge in [0.05, 0.1) is 25.7 Å². The molecule has 3 heteroatoms. The van der Waals surface area contributed by atoms with E-state index < -0.39 is 5.97 Å². The van der Waals surface area contributed by atoms with Crippen molar-refractivity contribution in [3.05, 3.63) is 60.7 Å². The van der Waals surface area contributed by atoms with Gasteiger partial charge in [0.25, 0.3) is 0 Å². The Kier molecular flexibility index (Phi) is 4.86. The molecule has 0 unspecified atom stereocenters. The van der Waals surface area contributed by atoms with Crippen LogP contribution in [0.1, 0.15) is 15.9 Å². The highest BCUT2D eigenvalue weighted by atomic mass is 16.4. The number of rotatable bonds is 7. The van der Waals surface area contributed by atoms with Crippen molar-refractivity contribution < 1.29 is 14.4 Å². The molecule has 96 valence electrons. The van der Waals surface area contributed by atoms with Crippen LogP contribution in [0.25, 0.3) is 0 Å². The van der Waals surface area contributed by atoms with Crippen molar-refractivity contribution in [2.24, 2.45) is 0 Å². The molecule has 0 saturated carbocycles. The Morgan fingerprint density at radius 2 is 1.72 bits per heavy atom. The van der Waals surface area contributed by atoms with E-state index in [-0.39, 0.29) is 0 Å². The van der Waals surface area contributed by atoms with Gasteiger partial charge >= 0.3 is 5.97 Å². The number of likely N-dealkylation sites (N-methyl/N-ethyl adjacent to an activating group) is 1. The Balaban J connectivity index is 2.83. The van der Waals surface area contributed by atoms with Gasteiger partial charge in [-0.15, -0.1) is 0 Å². The van der Waals surface area contributed by atoms with Gasteiger partial charge in [-0.25, -0.2) is 4.79 Å². The fraction of sp³-hybridized carbons (Fsp3) is 0.267. The monoisotopic (exact) mass is 246 g/mol. The lowest BCUT2D eigenvalue weighted by Crippen LogP contribution is -2.43. The molecule has 18 heavy (non-hydrogen) atoms. The van der Waals surface area contributed by atoms with Crippen molar-refractivity contribution in [1.29, 1.82) is 0 Å². The van der Waals surface area contributed by atoms with Gasteiger partial charge in [-0.05, 0) is 24.3 Å². The van der Waals surface area contributed by atoms with Crippen LogP contribution in [0.15, 0.2) is 49.6 Å². The van der Waals surface area contributed by atoms with Crippen LogP contribution >= 0.6 is 0 Å². The molecule has 0 fully saturated rings. The average molecular weight is 246 g/mol. The van der Waals surface area contributed by atoms with Gasteiger partial charge in [0, 0.05) is 5.56 Å². The number of carboxylic acid groups (broad SMARTS) is 1. The summed E-state index contributed by atoms with van der Waals surface area (Å²) in [6, 6.07) is 7.02. The molecule has 1 aromatic carbocycles. The van der Waals surface area contributed by atoms with E-state index >= 15 is 0 Å². The van der Waals surface area contributed by atoms with Crippen LogP contribution in [-0.4, -0.2) is 35.7 Å². The zero-order valence-corrected chi connectivity index (χ0v) is 10.8. The summed E-state index contributed by atoms with van der Waals surface area (Å²) in [4.78, 5) is 10.8. The number of quaternary nitrogens is 1. The lowest BCUT2D eigenvalue weighted by atomic mass is 10.1. The zero-order chi connectivity index (χ0) is 13.6. The second-order valence-electron chi connectivity index (χ2n) is 4.72. The zero-order valence-electron chi connectivity index (χ0n) is 10.8. The van der Waals surface area contributed by atoms with Crippen molar-refractivity contribution in [3.8, 4) is 0 Å². The predicted molar refractivity (Wildman–Crippen MR) is 73.4 cm³/mol. The third kappa shape index (κ3) is 3.86. The number of benzene rings is 1. The Morgan fingerprint density at radius 1 is 1.22 bits per heavy atom. The summed E-state index contributed by atoms with van der Waals surface area (Å²) in [6.45, 7) is 10.1. The predicted octanol–water partition coefficient (Wildman–Crippen LogP) is 2.70. The Morgan fingerprint density at radius 3 is 2.11 bits per heavy atom. The molecular formula is C15H20NO2+. The van der Waals surface area contributed by atoms with Crippen molar-refractivity contribution in [3.63, 3.8) is 0 Å². The van der Waals surface area contributed by atoms with Gasteiger partial charge in [-0.2, -0.15) is 0 Å². The number of aromatic carboxylic acids is 1. The van der Waals surface area contributed by atoms with Gasteiger partial charge < -0.3 is 9.59 Å². The molecule has 0 aromatic heterocycles. The first-order valence-electron chi connectivity index (χ1n) is 5.88. The number of hydrogen-bond acceptors (Lipinski definition) is 1. The summed E-state index contributed by atoms with van der Waals surface area (Å²) >= 11 is 0. The first kappa shape index (κ1) is 14.2. The van der Waals surface area contributed by atoms with Gasteiger partial charge in [0.1, 0.15) is 6.54 Å². The first-order chi connectivity index (χ1) is 8.50. The van der Waals surface area contributed by atoms with Gasteiger partial charge in [-0.3, -0.25) is 0 Å². The number of carbonyl (C=O) groups is 1. The second-order valence-corrected chi connectivity index (χ2v) is 4.72. The maximum Gasteiger partial charge on any atom is 0.335 e. The number of carboxylic acids is 1. The van der Waals surface area contributed by atoms with Crippen LogP contribution in [0.5, 0.6) is 0 Å². The van der Waals surface area contributed by atoms with Crippen molar-refractivity contribution in [2.75, 3.05) is 20.1 Å². The smallest absolute Gasteiger partial charge is 0.335 e. The highest BCUT2D eigenvalue weighted by Gasteiger charge is 2.18. The van der Waals surface area contributed by atoms with E-state index in [4.69, 9.17) is 5.11 Å². The molecule has 1 rings (SSSR count). The minimum absolute atomic E-state index is 0.320. The standard InChI is InChI=1S/C15H19NO2/c1-4-10-16(3,11-5-2)12-13-6-8-14(9-7-13)15(17)18/h4-9H,1-2,10-12H2,3H3/p+1.